The van der Waals surface area contributed by atoms with E-state index >= 15 is 0 Å². The van der Waals surface area contributed by atoms with Crippen molar-refractivity contribution in [1.29, 1.82) is 0 Å². The molecule has 0 aliphatic carbocycles. The van der Waals surface area contributed by atoms with Gasteiger partial charge in [0.15, 0.2) is 0 Å². The minimum atomic E-state index is -0.240. The second-order valence-electron chi connectivity index (χ2n) is 5.42. The van der Waals surface area contributed by atoms with Crippen LogP contribution < -0.4 is 10.9 Å². The van der Waals surface area contributed by atoms with Gasteiger partial charge < -0.3 is 5.32 Å². The number of fused-ring (bicyclic) bond motifs is 1. The summed E-state index contributed by atoms with van der Waals surface area (Å²) in [4.78, 5) is 24.2. The van der Waals surface area contributed by atoms with E-state index < -0.39 is 0 Å². The first-order chi connectivity index (χ1) is 9.47. The molecule has 0 saturated carbocycles. The Morgan fingerprint density at radius 1 is 1.40 bits per heavy atom. The van der Waals surface area contributed by atoms with E-state index in [1.807, 2.05) is 27.1 Å². The lowest BCUT2D eigenvalue weighted by atomic mass is 9.89. The van der Waals surface area contributed by atoms with Crippen molar-refractivity contribution in [2.24, 2.45) is 7.05 Å². The SMILES string of the molecule is CC(C)n1[nH]c(=O)c2c1NC(=O)C[C@@H]2c1cnn(C)c1. The van der Waals surface area contributed by atoms with Crippen LogP contribution in [-0.2, 0) is 11.8 Å². The molecule has 0 saturated heterocycles. The lowest BCUT2D eigenvalue weighted by molar-refractivity contribution is -0.116. The van der Waals surface area contributed by atoms with Crippen LogP contribution >= 0.6 is 0 Å². The van der Waals surface area contributed by atoms with Gasteiger partial charge in [-0.3, -0.25) is 24.1 Å². The third-order valence-electron chi connectivity index (χ3n) is 3.60. The number of rotatable bonds is 2. The van der Waals surface area contributed by atoms with Crippen LogP contribution in [0.15, 0.2) is 17.2 Å². The van der Waals surface area contributed by atoms with Gasteiger partial charge in [0.25, 0.3) is 5.56 Å². The third kappa shape index (κ3) is 1.86. The van der Waals surface area contributed by atoms with Gasteiger partial charge in [-0.2, -0.15) is 5.10 Å². The molecule has 2 N–H and O–H groups in total. The van der Waals surface area contributed by atoms with Gasteiger partial charge in [0, 0.05) is 31.6 Å². The molecular weight excluding hydrogens is 258 g/mol. The Labute approximate surface area is 115 Å². The molecule has 0 radical (unpaired) electrons. The van der Waals surface area contributed by atoms with E-state index in [0.717, 1.165) is 5.56 Å². The van der Waals surface area contributed by atoms with Crippen LogP contribution in [0.4, 0.5) is 5.82 Å². The lowest BCUT2D eigenvalue weighted by Crippen LogP contribution is -2.27. The molecule has 0 aromatic carbocycles. The highest BCUT2D eigenvalue weighted by Gasteiger charge is 2.33. The van der Waals surface area contributed by atoms with Gasteiger partial charge in [0.2, 0.25) is 5.91 Å². The van der Waals surface area contributed by atoms with E-state index in [1.54, 1.807) is 15.6 Å². The molecular formula is C13H17N5O2. The van der Waals surface area contributed by atoms with E-state index in [1.165, 1.54) is 0 Å². The van der Waals surface area contributed by atoms with Crippen molar-refractivity contribution in [3.05, 3.63) is 33.9 Å². The fraction of sp³-hybridized carbons (Fsp3) is 0.462. The van der Waals surface area contributed by atoms with E-state index in [9.17, 15) is 9.59 Å². The Balaban J connectivity index is 2.18. The summed E-state index contributed by atoms with van der Waals surface area (Å²) in [6, 6.07) is 0.0689. The van der Waals surface area contributed by atoms with Crippen LogP contribution in [0.2, 0.25) is 0 Å². The Bertz CT molecular complexity index is 721. The minimum absolute atomic E-state index is 0.0689. The number of nitrogens with one attached hydrogen (secondary N) is 2. The van der Waals surface area contributed by atoms with Crippen LogP contribution in [0.25, 0.3) is 0 Å². The van der Waals surface area contributed by atoms with Gasteiger partial charge in [-0.05, 0) is 19.4 Å². The largest absolute Gasteiger partial charge is 0.311 e. The molecule has 7 nitrogen and oxygen atoms in total. The monoisotopic (exact) mass is 275 g/mol. The van der Waals surface area contributed by atoms with Crippen LogP contribution in [0.1, 0.15) is 43.4 Å². The average molecular weight is 275 g/mol. The number of aryl methyl sites for hydroxylation is 1. The lowest BCUT2D eigenvalue weighted by Gasteiger charge is -2.23. The van der Waals surface area contributed by atoms with Crippen molar-refractivity contribution in [1.82, 2.24) is 19.6 Å². The highest BCUT2D eigenvalue weighted by Crippen LogP contribution is 2.35. The van der Waals surface area contributed by atoms with Gasteiger partial charge in [0.05, 0.1) is 11.8 Å². The minimum Gasteiger partial charge on any atom is -0.311 e. The first kappa shape index (κ1) is 12.7. The molecule has 0 fully saturated rings. The summed E-state index contributed by atoms with van der Waals surface area (Å²) in [6.07, 6.45) is 3.82. The number of aromatic amines is 1. The second kappa shape index (κ2) is 4.36. The Hall–Kier alpha value is -2.31. The molecule has 1 aliphatic rings. The van der Waals surface area contributed by atoms with Crippen LogP contribution in [0.5, 0.6) is 0 Å². The topological polar surface area (TPSA) is 84.7 Å². The quantitative estimate of drug-likeness (QED) is 0.856. The zero-order valence-electron chi connectivity index (χ0n) is 11.7. The van der Waals surface area contributed by atoms with Crippen LogP contribution in [-0.4, -0.2) is 25.5 Å². The van der Waals surface area contributed by atoms with Crippen molar-refractivity contribution < 1.29 is 4.79 Å². The molecule has 2 aromatic heterocycles. The molecule has 20 heavy (non-hydrogen) atoms. The van der Waals surface area contributed by atoms with Gasteiger partial charge in [-0.15, -0.1) is 0 Å². The summed E-state index contributed by atoms with van der Waals surface area (Å²) >= 11 is 0. The number of amides is 1. The van der Waals surface area contributed by atoms with E-state index in [-0.39, 0.29) is 29.8 Å². The summed E-state index contributed by atoms with van der Waals surface area (Å²) in [5, 5.41) is 9.73. The summed E-state index contributed by atoms with van der Waals surface area (Å²) in [5.74, 6) is 0.256. The number of carbonyl (C=O) groups excluding carboxylic acids is 1. The standard InChI is InChI=1S/C13H17N5O2/c1-7(2)18-12-11(13(20)16-18)9(4-10(19)15-12)8-5-14-17(3)6-8/h5-7,9H,4H2,1-3H3,(H,15,19)(H,16,20)/t9-/m1/s1. The van der Waals surface area contributed by atoms with Crippen molar-refractivity contribution in [3.63, 3.8) is 0 Å². The average Bonchev–Trinajstić information content (AvgIpc) is 2.93. The predicted molar refractivity (Wildman–Crippen MR) is 73.7 cm³/mol. The Morgan fingerprint density at radius 3 is 2.75 bits per heavy atom. The molecule has 0 spiro atoms. The number of anilines is 1. The Morgan fingerprint density at radius 2 is 2.15 bits per heavy atom. The number of hydrogen-bond donors (Lipinski definition) is 2. The number of H-pyrrole nitrogens is 1. The third-order valence-corrected chi connectivity index (χ3v) is 3.60. The zero-order valence-corrected chi connectivity index (χ0v) is 11.7. The smallest absolute Gasteiger partial charge is 0.270 e. The first-order valence-corrected chi connectivity index (χ1v) is 6.60. The molecule has 106 valence electrons. The fourth-order valence-electron chi connectivity index (χ4n) is 2.68. The highest BCUT2D eigenvalue weighted by atomic mass is 16.2. The summed E-state index contributed by atoms with van der Waals surface area (Å²) < 4.78 is 3.38. The first-order valence-electron chi connectivity index (χ1n) is 6.60. The molecule has 1 aliphatic heterocycles. The van der Waals surface area contributed by atoms with Crippen molar-refractivity contribution in [2.75, 3.05) is 5.32 Å². The summed E-state index contributed by atoms with van der Waals surface area (Å²) in [6.45, 7) is 3.91. The Kier molecular flexibility index (Phi) is 2.77. The highest BCUT2D eigenvalue weighted by molar-refractivity contribution is 5.94. The van der Waals surface area contributed by atoms with Crippen LogP contribution in [0.3, 0.4) is 0 Å². The van der Waals surface area contributed by atoms with E-state index in [2.05, 4.69) is 15.5 Å². The molecule has 3 rings (SSSR count). The number of nitrogens with zero attached hydrogens (tertiary/aromatic N) is 3. The normalized spacial score (nSPS) is 18.2. The molecule has 7 heteroatoms. The molecule has 1 amide bonds. The maximum atomic E-state index is 12.2. The van der Waals surface area contributed by atoms with E-state index in [4.69, 9.17) is 0 Å². The zero-order chi connectivity index (χ0) is 14.4. The summed E-state index contributed by atoms with van der Waals surface area (Å²) in [5.41, 5.74) is 1.35. The summed E-state index contributed by atoms with van der Waals surface area (Å²) in [7, 11) is 1.82. The van der Waals surface area contributed by atoms with Crippen molar-refractivity contribution in [2.45, 2.75) is 32.2 Å². The molecule has 0 unspecified atom stereocenters. The van der Waals surface area contributed by atoms with Gasteiger partial charge in [-0.25, -0.2) is 0 Å². The number of aromatic nitrogens is 4. The fourth-order valence-corrected chi connectivity index (χ4v) is 2.68. The van der Waals surface area contributed by atoms with Crippen LogP contribution in [0, 0.1) is 0 Å². The number of carbonyl (C=O) groups is 1. The second-order valence-corrected chi connectivity index (χ2v) is 5.42. The van der Waals surface area contributed by atoms with Gasteiger partial charge in [-0.1, -0.05) is 0 Å². The van der Waals surface area contributed by atoms with Crippen molar-refractivity contribution >= 4 is 11.7 Å². The molecule has 2 aromatic rings. The predicted octanol–water partition coefficient (Wildman–Crippen LogP) is 0.965. The maximum Gasteiger partial charge on any atom is 0.270 e. The number of hydrogen-bond acceptors (Lipinski definition) is 3. The molecule has 0 bridgehead atoms. The van der Waals surface area contributed by atoms with E-state index in [0.29, 0.717) is 11.4 Å². The van der Waals surface area contributed by atoms with Gasteiger partial charge in [0.1, 0.15) is 5.82 Å². The maximum absolute atomic E-state index is 12.2. The van der Waals surface area contributed by atoms with Gasteiger partial charge >= 0.3 is 0 Å². The molecule has 3 heterocycles. The van der Waals surface area contributed by atoms with Crippen molar-refractivity contribution in [3.8, 4) is 0 Å². The molecule has 1 atom stereocenters.